The predicted octanol–water partition coefficient (Wildman–Crippen LogP) is 3.52. The summed E-state index contributed by atoms with van der Waals surface area (Å²) < 4.78 is 74.9. The maximum Gasteiger partial charge on any atom is 0.319 e. The van der Waals surface area contributed by atoms with Gasteiger partial charge in [0, 0.05) is 17.7 Å². The molecule has 1 atom stereocenters. The van der Waals surface area contributed by atoms with Crippen LogP contribution in [0.3, 0.4) is 0 Å². The molecule has 1 rings (SSSR count). The van der Waals surface area contributed by atoms with E-state index in [2.05, 4.69) is 5.32 Å². The van der Waals surface area contributed by atoms with Crippen LogP contribution >= 0.6 is 0 Å². The Morgan fingerprint density at radius 1 is 1.22 bits per heavy atom. The second-order valence-electron chi connectivity index (χ2n) is 3.83. The summed E-state index contributed by atoms with van der Waals surface area (Å²) in [5, 5.41) is 2.09. The fraction of sp³-hybridized carbons (Fsp3) is 0.455. The van der Waals surface area contributed by atoms with Crippen molar-refractivity contribution in [3.8, 4) is 0 Å². The quantitative estimate of drug-likeness (QED) is 0.808. The van der Waals surface area contributed by atoms with Crippen LogP contribution < -0.4 is 5.32 Å². The van der Waals surface area contributed by atoms with Gasteiger partial charge in [-0.1, -0.05) is 6.07 Å². The number of rotatable bonds is 5. The lowest BCUT2D eigenvalue weighted by atomic mass is 10.1. The summed E-state index contributed by atoms with van der Waals surface area (Å²) in [5.74, 6) is -5.91. The number of alkyl halides is 4. The molecule has 0 spiro atoms. The monoisotopic (exact) mass is 271 g/mol. The largest absolute Gasteiger partial charge is 0.319 e. The van der Waals surface area contributed by atoms with Gasteiger partial charge in [-0.15, -0.1) is 0 Å². The van der Waals surface area contributed by atoms with Gasteiger partial charge in [0.05, 0.1) is 6.54 Å². The van der Waals surface area contributed by atoms with Gasteiger partial charge in [0.1, 0.15) is 11.6 Å². The predicted molar refractivity (Wildman–Crippen MR) is 53.7 cm³/mol. The van der Waals surface area contributed by atoms with E-state index in [0.29, 0.717) is 6.07 Å². The van der Waals surface area contributed by atoms with Gasteiger partial charge in [0.15, 0.2) is 0 Å². The van der Waals surface area contributed by atoms with Crippen LogP contribution in [0.25, 0.3) is 0 Å². The maximum absolute atomic E-state index is 13.3. The van der Waals surface area contributed by atoms with Crippen molar-refractivity contribution in [2.45, 2.75) is 25.3 Å². The second-order valence-corrected chi connectivity index (χ2v) is 3.83. The SMILES string of the molecule is CC(NCC(F)(F)C(F)F)c1ccc(F)cc1F. The van der Waals surface area contributed by atoms with Crippen molar-refractivity contribution in [1.82, 2.24) is 5.32 Å². The van der Waals surface area contributed by atoms with Crippen molar-refractivity contribution in [3.05, 3.63) is 35.4 Å². The van der Waals surface area contributed by atoms with Crippen molar-refractivity contribution < 1.29 is 26.3 Å². The Morgan fingerprint density at radius 3 is 2.33 bits per heavy atom. The van der Waals surface area contributed by atoms with Gasteiger partial charge in [0.25, 0.3) is 0 Å². The van der Waals surface area contributed by atoms with E-state index in [1.165, 1.54) is 6.92 Å². The number of benzene rings is 1. The molecule has 0 aliphatic carbocycles. The van der Waals surface area contributed by atoms with Crippen LogP contribution in [0.2, 0.25) is 0 Å². The lowest BCUT2D eigenvalue weighted by Crippen LogP contribution is -2.39. The first-order valence-electron chi connectivity index (χ1n) is 5.08. The Hall–Kier alpha value is -1.24. The fourth-order valence-electron chi connectivity index (χ4n) is 1.33. The summed E-state index contributed by atoms with van der Waals surface area (Å²) in [6.45, 7) is 0.0283. The van der Waals surface area contributed by atoms with Crippen LogP contribution in [0, 0.1) is 11.6 Å². The van der Waals surface area contributed by atoms with Crippen molar-refractivity contribution in [2.75, 3.05) is 6.54 Å². The standard InChI is InChI=1S/C11H11F6N/c1-6(18-5-11(16,17)10(14)15)8-3-2-7(12)4-9(8)13/h2-4,6,10,18H,5H2,1H3. The normalized spacial score (nSPS) is 14.0. The Balaban J connectivity index is 2.69. The minimum atomic E-state index is -4.19. The third kappa shape index (κ3) is 3.63. The summed E-state index contributed by atoms with van der Waals surface area (Å²) in [4.78, 5) is 0. The molecular formula is C11H11F6N. The third-order valence-electron chi connectivity index (χ3n) is 2.39. The molecule has 0 bridgehead atoms. The molecule has 1 nitrogen and oxygen atoms in total. The van der Waals surface area contributed by atoms with E-state index in [1.807, 2.05) is 0 Å². The molecule has 0 aliphatic heterocycles. The van der Waals surface area contributed by atoms with Crippen LogP contribution in [-0.4, -0.2) is 18.9 Å². The van der Waals surface area contributed by atoms with E-state index in [-0.39, 0.29) is 5.56 Å². The molecule has 18 heavy (non-hydrogen) atoms. The lowest BCUT2D eigenvalue weighted by molar-refractivity contribution is -0.126. The van der Waals surface area contributed by atoms with Crippen molar-refractivity contribution in [3.63, 3.8) is 0 Å². The number of nitrogens with one attached hydrogen (secondary N) is 1. The number of halogens is 6. The summed E-state index contributed by atoms with van der Waals surface area (Å²) >= 11 is 0. The summed E-state index contributed by atoms with van der Waals surface area (Å²) in [6.07, 6.45) is -3.80. The van der Waals surface area contributed by atoms with E-state index < -0.39 is 36.6 Å². The molecule has 1 N–H and O–H groups in total. The number of hydrogen-bond acceptors (Lipinski definition) is 1. The lowest BCUT2D eigenvalue weighted by Gasteiger charge is -2.20. The second kappa shape index (κ2) is 5.60. The van der Waals surface area contributed by atoms with Gasteiger partial charge in [-0.2, -0.15) is 8.78 Å². The molecule has 0 aromatic heterocycles. The van der Waals surface area contributed by atoms with Crippen LogP contribution in [0.4, 0.5) is 26.3 Å². The molecule has 0 amide bonds. The molecule has 0 fully saturated rings. The molecule has 1 aromatic rings. The molecule has 0 heterocycles. The molecule has 1 aromatic carbocycles. The Bertz CT molecular complexity index is 407. The first-order chi connectivity index (χ1) is 8.24. The average molecular weight is 271 g/mol. The van der Waals surface area contributed by atoms with Gasteiger partial charge in [0.2, 0.25) is 0 Å². The highest BCUT2D eigenvalue weighted by atomic mass is 19.3. The summed E-state index contributed by atoms with van der Waals surface area (Å²) in [7, 11) is 0. The summed E-state index contributed by atoms with van der Waals surface area (Å²) in [5.41, 5.74) is -0.0681. The maximum atomic E-state index is 13.3. The van der Waals surface area contributed by atoms with Crippen molar-refractivity contribution in [1.29, 1.82) is 0 Å². The van der Waals surface area contributed by atoms with Crippen LogP contribution in [0.5, 0.6) is 0 Å². The van der Waals surface area contributed by atoms with Gasteiger partial charge in [-0.05, 0) is 13.0 Å². The van der Waals surface area contributed by atoms with E-state index in [4.69, 9.17) is 0 Å². The number of hydrogen-bond donors (Lipinski definition) is 1. The Kier molecular flexibility index (Phi) is 4.61. The minimum absolute atomic E-state index is 0.0681. The van der Waals surface area contributed by atoms with E-state index in [9.17, 15) is 26.3 Å². The average Bonchev–Trinajstić information content (AvgIpc) is 2.25. The topological polar surface area (TPSA) is 12.0 Å². The van der Waals surface area contributed by atoms with Crippen molar-refractivity contribution >= 4 is 0 Å². The van der Waals surface area contributed by atoms with E-state index in [1.54, 1.807) is 0 Å². The first-order valence-corrected chi connectivity index (χ1v) is 5.08. The van der Waals surface area contributed by atoms with Crippen LogP contribution in [-0.2, 0) is 0 Å². The Labute approximate surface area is 99.8 Å². The molecule has 1 unspecified atom stereocenters. The molecule has 0 saturated heterocycles. The first kappa shape index (κ1) is 14.8. The Morgan fingerprint density at radius 2 is 1.83 bits per heavy atom. The highest BCUT2D eigenvalue weighted by Gasteiger charge is 2.40. The zero-order valence-electron chi connectivity index (χ0n) is 9.36. The third-order valence-corrected chi connectivity index (χ3v) is 2.39. The van der Waals surface area contributed by atoms with Gasteiger partial charge < -0.3 is 5.32 Å². The molecule has 0 radical (unpaired) electrons. The molecular weight excluding hydrogens is 260 g/mol. The zero-order chi connectivity index (χ0) is 13.9. The van der Waals surface area contributed by atoms with E-state index in [0.717, 1.165) is 12.1 Å². The molecule has 0 saturated carbocycles. The highest BCUT2D eigenvalue weighted by molar-refractivity contribution is 5.21. The van der Waals surface area contributed by atoms with Crippen molar-refractivity contribution in [2.24, 2.45) is 0 Å². The van der Waals surface area contributed by atoms with Crippen LogP contribution in [0.1, 0.15) is 18.5 Å². The summed E-state index contributed by atoms with van der Waals surface area (Å²) in [6, 6.07) is 1.69. The van der Waals surface area contributed by atoms with Gasteiger partial charge >= 0.3 is 12.3 Å². The molecule has 102 valence electrons. The zero-order valence-corrected chi connectivity index (χ0v) is 9.36. The smallest absolute Gasteiger partial charge is 0.304 e. The molecule has 0 aliphatic rings. The molecule has 7 heteroatoms. The van der Waals surface area contributed by atoms with Crippen LogP contribution in [0.15, 0.2) is 18.2 Å². The van der Waals surface area contributed by atoms with Gasteiger partial charge in [-0.25, -0.2) is 17.6 Å². The fourth-order valence-corrected chi connectivity index (χ4v) is 1.33. The highest BCUT2D eigenvalue weighted by Crippen LogP contribution is 2.24. The van der Waals surface area contributed by atoms with Gasteiger partial charge in [-0.3, -0.25) is 0 Å². The van der Waals surface area contributed by atoms with E-state index >= 15 is 0 Å². The minimum Gasteiger partial charge on any atom is -0.304 e.